The van der Waals surface area contributed by atoms with E-state index in [0.717, 1.165) is 11.4 Å². The molecule has 0 amide bonds. The topological polar surface area (TPSA) is 69.2 Å². The minimum atomic E-state index is -0.274. The fourth-order valence-electron chi connectivity index (χ4n) is 2.44. The van der Waals surface area contributed by atoms with Gasteiger partial charge in [-0.3, -0.25) is 14.3 Å². The largest absolute Gasteiger partial charge is 0.461 e. The number of carbonyl (C=O) groups is 1. The zero-order valence-electron chi connectivity index (χ0n) is 13.4. The van der Waals surface area contributed by atoms with E-state index >= 15 is 0 Å². The number of anilines is 1. The Bertz CT molecular complexity index is 932. The molecule has 0 aliphatic carbocycles. The predicted molar refractivity (Wildman–Crippen MR) is 91.5 cm³/mol. The third kappa shape index (κ3) is 2.81. The molecule has 6 nitrogen and oxygen atoms in total. The lowest BCUT2D eigenvalue weighted by atomic mass is 10.3. The van der Waals surface area contributed by atoms with Crippen LogP contribution in [-0.2, 0) is 7.05 Å². The molecule has 0 atom stereocenters. The molecule has 122 valence electrons. The normalized spacial score (nSPS) is 11.1. The maximum atomic E-state index is 12.7. The fraction of sp³-hybridized carbons (Fsp3) is 0.111. The Morgan fingerprint density at radius 1 is 1.17 bits per heavy atom. The molecule has 0 saturated heterocycles. The van der Waals surface area contributed by atoms with Crippen molar-refractivity contribution in [3.8, 4) is 5.69 Å². The highest BCUT2D eigenvalue weighted by atomic mass is 16.3. The number of nitrogens with zero attached hydrogens (tertiary/aromatic N) is 2. The van der Waals surface area contributed by atoms with Crippen molar-refractivity contribution < 1.29 is 9.21 Å². The highest BCUT2D eigenvalue weighted by Crippen LogP contribution is 2.14. The van der Waals surface area contributed by atoms with Gasteiger partial charge in [-0.15, -0.1) is 0 Å². The van der Waals surface area contributed by atoms with Gasteiger partial charge < -0.3 is 9.73 Å². The number of furan rings is 1. The number of benzene rings is 1. The zero-order valence-corrected chi connectivity index (χ0v) is 13.4. The van der Waals surface area contributed by atoms with Crippen LogP contribution in [0.15, 0.2) is 70.2 Å². The minimum Gasteiger partial charge on any atom is -0.461 e. The Labute approximate surface area is 138 Å². The van der Waals surface area contributed by atoms with E-state index in [1.165, 1.54) is 18.5 Å². The van der Waals surface area contributed by atoms with Crippen LogP contribution in [0.25, 0.3) is 5.69 Å². The number of hydrogen-bond donors (Lipinski definition) is 1. The minimum absolute atomic E-state index is 0.184. The van der Waals surface area contributed by atoms with E-state index in [0.29, 0.717) is 5.69 Å². The van der Waals surface area contributed by atoms with Gasteiger partial charge in [0, 0.05) is 19.3 Å². The van der Waals surface area contributed by atoms with Crippen LogP contribution in [0.4, 0.5) is 5.69 Å². The molecule has 0 radical (unpaired) electrons. The quantitative estimate of drug-likeness (QED) is 0.579. The van der Waals surface area contributed by atoms with E-state index in [1.807, 2.05) is 44.3 Å². The number of allylic oxidation sites excluding steroid dienone is 1. The average molecular weight is 323 g/mol. The first-order chi connectivity index (χ1) is 11.6. The Balaban J connectivity index is 1.87. The summed E-state index contributed by atoms with van der Waals surface area (Å²) in [7, 11) is 1.81. The first-order valence-corrected chi connectivity index (χ1v) is 7.44. The molecule has 0 spiro atoms. The van der Waals surface area contributed by atoms with Crippen molar-refractivity contribution in [2.75, 3.05) is 5.32 Å². The van der Waals surface area contributed by atoms with Gasteiger partial charge in [-0.1, -0.05) is 18.2 Å². The number of aromatic nitrogens is 2. The maximum Gasteiger partial charge on any atom is 0.295 e. The van der Waals surface area contributed by atoms with Crippen molar-refractivity contribution in [2.24, 2.45) is 7.05 Å². The molecule has 0 fully saturated rings. The van der Waals surface area contributed by atoms with Crippen LogP contribution in [-0.4, -0.2) is 15.1 Å². The SMILES string of the molecule is Cc1c(N/C=C/C(=O)c2ccco2)c(=O)n(-c2ccccc2)n1C. The van der Waals surface area contributed by atoms with Crippen LogP contribution in [0, 0.1) is 6.92 Å². The molecule has 0 aliphatic heterocycles. The van der Waals surface area contributed by atoms with Crippen molar-refractivity contribution in [2.45, 2.75) is 6.92 Å². The van der Waals surface area contributed by atoms with Crippen LogP contribution in [0.2, 0.25) is 0 Å². The van der Waals surface area contributed by atoms with E-state index in [9.17, 15) is 9.59 Å². The summed E-state index contributed by atoms with van der Waals surface area (Å²) in [5, 5.41) is 2.91. The van der Waals surface area contributed by atoms with Gasteiger partial charge in [0.05, 0.1) is 17.6 Å². The van der Waals surface area contributed by atoms with Crippen LogP contribution in [0.3, 0.4) is 0 Å². The van der Waals surface area contributed by atoms with Crippen molar-refractivity contribution in [1.82, 2.24) is 9.36 Å². The van der Waals surface area contributed by atoms with Gasteiger partial charge >= 0.3 is 0 Å². The Morgan fingerprint density at radius 3 is 2.58 bits per heavy atom. The van der Waals surface area contributed by atoms with Gasteiger partial charge in [0.1, 0.15) is 5.69 Å². The summed E-state index contributed by atoms with van der Waals surface area (Å²) in [6.45, 7) is 1.84. The van der Waals surface area contributed by atoms with Crippen LogP contribution >= 0.6 is 0 Å². The lowest BCUT2D eigenvalue weighted by Gasteiger charge is -2.07. The molecule has 6 heteroatoms. The molecule has 0 bridgehead atoms. The summed E-state index contributed by atoms with van der Waals surface area (Å²) >= 11 is 0. The van der Waals surface area contributed by atoms with Crippen molar-refractivity contribution in [3.63, 3.8) is 0 Å². The molecule has 1 aromatic carbocycles. The van der Waals surface area contributed by atoms with Crippen LogP contribution in [0.1, 0.15) is 16.2 Å². The van der Waals surface area contributed by atoms with Gasteiger partial charge in [0.15, 0.2) is 5.76 Å². The molecule has 1 N–H and O–H groups in total. The Hall–Kier alpha value is -3.28. The second-order valence-electron chi connectivity index (χ2n) is 5.26. The van der Waals surface area contributed by atoms with Crippen LogP contribution < -0.4 is 10.9 Å². The fourth-order valence-corrected chi connectivity index (χ4v) is 2.44. The van der Waals surface area contributed by atoms with E-state index in [4.69, 9.17) is 4.42 Å². The number of ketones is 1. The lowest BCUT2D eigenvalue weighted by Crippen LogP contribution is -2.20. The summed E-state index contributed by atoms with van der Waals surface area (Å²) in [6, 6.07) is 12.6. The summed E-state index contributed by atoms with van der Waals surface area (Å²) in [4.78, 5) is 24.5. The Morgan fingerprint density at radius 2 is 1.92 bits per heavy atom. The van der Waals surface area contributed by atoms with E-state index in [1.54, 1.807) is 21.5 Å². The van der Waals surface area contributed by atoms with E-state index in [-0.39, 0.29) is 17.1 Å². The van der Waals surface area contributed by atoms with Gasteiger partial charge in [-0.25, -0.2) is 4.68 Å². The number of carbonyl (C=O) groups excluding carboxylic acids is 1. The third-order valence-corrected chi connectivity index (χ3v) is 3.78. The molecule has 0 aliphatic rings. The maximum absolute atomic E-state index is 12.7. The molecular formula is C18H17N3O3. The van der Waals surface area contributed by atoms with Gasteiger partial charge in [0.2, 0.25) is 5.78 Å². The van der Waals surface area contributed by atoms with Crippen molar-refractivity contribution >= 4 is 11.5 Å². The monoisotopic (exact) mass is 323 g/mol. The lowest BCUT2D eigenvalue weighted by molar-refractivity contribution is 0.102. The number of hydrogen-bond acceptors (Lipinski definition) is 4. The molecular weight excluding hydrogens is 306 g/mol. The number of para-hydroxylation sites is 1. The Kier molecular flexibility index (Phi) is 4.20. The summed E-state index contributed by atoms with van der Waals surface area (Å²) in [5.41, 5.74) is 1.77. The standard InChI is InChI=1S/C18H17N3O3/c1-13-17(19-11-10-15(22)16-9-6-12-24-16)18(23)21(20(13)2)14-7-4-3-5-8-14/h3-12,19H,1-2H3/b11-10+. The second kappa shape index (κ2) is 6.45. The third-order valence-electron chi connectivity index (χ3n) is 3.78. The number of rotatable bonds is 5. The van der Waals surface area contributed by atoms with E-state index in [2.05, 4.69) is 5.32 Å². The highest BCUT2D eigenvalue weighted by molar-refractivity contribution is 6.02. The van der Waals surface area contributed by atoms with Crippen LogP contribution in [0.5, 0.6) is 0 Å². The zero-order chi connectivity index (χ0) is 17.1. The predicted octanol–water partition coefficient (Wildman–Crippen LogP) is 2.89. The molecule has 3 aromatic rings. The van der Waals surface area contributed by atoms with E-state index < -0.39 is 0 Å². The summed E-state index contributed by atoms with van der Waals surface area (Å²) in [6.07, 6.45) is 4.22. The molecule has 3 rings (SSSR count). The molecule has 24 heavy (non-hydrogen) atoms. The molecule has 2 heterocycles. The second-order valence-corrected chi connectivity index (χ2v) is 5.26. The molecule has 0 unspecified atom stereocenters. The number of nitrogens with one attached hydrogen (secondary N) is 1. The van der Waals surface area contributed by atoms with Gasteiger partial charge in [-0.05, 0) is 31.2 Å². The summed E-state index contributed by atoms with van der Waals surface area (Å²) < 4.78 is 8.36. The van der Waals surface area contributed by atoms with Gasteiger partial charge in [-0.2, -0.15) is 0 Å². The smallest absolute Gasteiger partial charge is 0.295 e. The summed E-state index contributed by atoms with van der Waals surface area (Å²) in [5.74, 6) is -0.0241. The van der Waals surface area contributed by atoms with Crippen molar-refractivity contribution in [1.29, 1.82) is 0 Å². The average Bonchev–Trinajstić information content (AvgIpc) is 3.19. The van der Waals surface area contributed by atoms with Crippen molar-refractivity contribution in [3.05, 3.63) is 82.8 Å². The van der Waals surface area contributed by atoms with Gasteiger partial charge in [0.25, 0.3) is 5.56 Å². The first kappa shape index (κ1) is 15.6. The highest BCUT2D eigenvalue weighted by Gasteiger charge is 2.15. The first-order valence-electron chi connectivity index (χ1n) is 7.44. The molecule has 2 aromatic heterocycles. The molecule has 0 saturated carbocycles.